The molecule has 1 aromatic rings. The van der Waals surface area contributed by atoms with Gasteiger partial charge in [-0.25, -0.2) is 0 Å². The monoisotopic (exact) mass is 252 g/mol. The molecule has 0 aromatic carbocycles. The maximum Gasteiger partial charge on any atom is 0.169 e. The highest BCUT2D eigenvalue weighted by atomic mass is 79.9. The molecule has 70 valence electrons. The number of halogens is 1. The summed E-state index contributed by atoms with van der Waals surface area (Å²) in [6, 6.07) is 5.11. The van der Waals surface area contributed by atoms with Gasteiger partial charge in [0.1, 0.15) is 25.0 Å². The lowest BCUT2D eigenvalue weighted by Gasteiger charge is -1.94. The van der Waals surface area contributed by atoms with E-state index in [-0.39, 0.29) is 12.2 Å². The molecule has 0 bridgehead atoms. The molecule has 1 rings (SSSR count). The fraction of sp³-hybridized carbons (Fsp3) is 0.111. The highest BCUT2D eigenvalue weighted by Gasteiger charge is 1.98. The molecule has 0 unspecified atom stereocenters. The van der Waals surface area contributed by atoms with Gasteiger partial charge in [0.2, 0.25) is 0 Å². The molecular formula is C9H5BrN2O2. The van der Waals surface area contributed by atoms with Gasteiger partial charge in [0.05, 0.1) is 6.26 Å². The van der Waals surface area contributed by atoms with Crippen LogP contribution >= 0.6 is 15.9 Å². The van der Waals surface area contributed by atoms with E-state index >= 15 is 0 Å². The summed E-state index contributed by atoms with van der Waals surface area (Å²) >= 11 is 3.14. The first kappa shape index (κ1) is 10.4. The Morgan fingerprint density at radius 3 is 2.79 bits per heavy atom. The lowest BCUT2D eigenvalue weighted by Crippen LogP contribution is -1.84. The Hall–Kier alpha value is -1.72. The maximum absolute atomic E-state index is 8.38. The summed E-state index contributed by atoms with van der Waals surface area (Å²) in [4.78, 5) is 0. The second-order valence-corrected chi connectivity index (χ2v) is 3.11. The first-order valence-electron chi connectivity index (χ1n) is 3.61. The molecule has 0 N–H and O–H groups in total. The third-order valence-corrected chi connectivity index (χ3v) is 1.73. The molecule has 0 atom stereocenters. The van der Waals surface area contributed by atoms with Crippen molar-refractivity contribution in [2.45, 2.75) is 6.61 Å². The van der Waals surface area contributed by atoms with E-state index in [0.29, 0.717) is 4.67 Å². The minimum atomic E-state index is -0.0624. The molecule has 0 aliphatic carbocycles. The second-order valence-electron chi connectivity index (χ2n) is 2.33. The minimum Gasteiger partial charge on any atom is -0.494 e. The van der Waals surface area contributed by atoms with Crippen molar-refractivity contribution in [2.24, 2.45) is 0 Å². The number of nitrogens with zero attached hydrogens (tertiary/aromatic N) is 2. The Balaban J connectivity index is 2.47. The third-order valence-electron chi connectivity index (χ3n) is 1.31. The van der Waals surface area contributed by atoms with Crippen molar-refractivity contribution < 1.29 is 9.15 Å². The molecule has 14 heavy (non-hydrogen) atoms. The maximum atomic E-state index is 8.38. The summed E-state index contributed by atoms with van der Waals surface area (Å²) in [5.74, 6) is 0. The van der Waals surface area contributed by atoms with Crippen LogP contribution in [0.1, 0.15) is 5.56 Å². The van der Waals surface area contributed by atoms with Gasteiger partial charge < -0.3 is 9.15 Å². The van der Waals surface area contributed by atoms with E-state index in [9.17, 15) is 0 Å². The Morgan fingerprint density at radius 1 is 1.57 bits per heavy atom. The first-order chi connectivity index (χ1) is 6.76. The van der Waals surface area contributed by atoms with E-state index in [1.165, 1.54) is 6.26 Å². The zero-order valence-corrected chi connectivity index (χ0v) is 8.61. The molecule has 0 saturated carbocycles. The standard InChI is InChI=1S/C9H5BrN2O2/c10-9-1-7(6-14-9)4-13-5-8(2-11)3-12/h1,5-6H,4H2. The molecule has 1 aromatic heterocycles. The van der Waals surface area contributed by atoms with Crippen LogP contribution in [0.3, 0.4) is 0 Å². The topological polar surface area (TPSA) is 70.0 Å². The van der Waals surface area contributed by atoms with E-state index < -0.39 is 0 Å². The van der Waals surface area contributed by atoms with Gasteiger partial charge in [0.25, 0.3) is 0 Å². The first-order valence-corrected chi connectivity index (χ1v) is 4.40. The summed E-state index contributed by atoms with van der Waals surface area (Å²) in [7, 11) is 0. The number of ether oxygens (including phenoxy) is 1. The molecule has 1 heterocycles. The minimum absolute atomic E-state index is 0.0624. The van der Waals surface area contributed by atoms with E-state index in [1.807, 2.05) is 0 Å². The molecule has 0 radical (unpaired) electrons. The van der Waals surface area contributed by atoms with Crippen molar-refractivity contribution in [3.05, 3.63) is 34.4 Å². The van der Waals surface area contributed by atoms with Gasteiger partial charge in [-0.1, -0.05) is 0 Å². The average Bonchev–Trinajstić information content (AvgIpc) is 2.59. The van der Waals surface area contributed by atoms with Gasteiger partial charge in [-0.15, -0.1) is 0 Å². The predicted octanol–water partition coefficient (Wildman–Crippen LogP) is 2.49. The Labute approximate surface area is 89.1 Å². The number of furan rings is 1. The fourth-order valence-electron chi connectivity index (χ4n) is 0.720. The van der Waals surface area contributed by atoms with E-state index in [2.05, 4.69) is 15.9 Å². The summed E-state index contributed by atoms with van der Waals surface area (Å²) < 4.78 is 10.6. The highest BCUT2D eigenvalue weighted by Crippen LogP contribution is 2.14. The van der Waals surface area contributed by atoms with Gasteiger partial charge in [-0.05, 0) is 22.0 Å². The quantitative estimate of drug-likeness (QED) is 0.612. The van der Waals surface area contributed by atoms with Crippen molar-refractivity contribution in [3.8, 4) is 12.1 Å². The number of rotatable bonds is 3. The fourth-order valence-corrected chi connectivity index (χ4v) is 1.11. The van der Waals surface area contributed by atoms with E-state index in [4.69, 9.17) is 19.7 Å². The molecule has 5 heteroatoms. The molecule has 4 nitrogen and oxygen atoms in total. The molecule has 0 spiro atoms. The van der Waals surface area contributed by atoms with Crippen molar-refractivity contribution in [2.75, 3.05) is 0 Å². The van der Waals surface area contributed by atoms with Crippen LogP contribution in [0.4, 0.5) is 0 Å². The number of nitriles is 2. The number of hydrogen-bond acceptors (Lipinski definition) is 4. The smallest absolute Gasteiger partial charge is 0.169 e. The van der Waals surface area contributed by atoms with Crippen LogP contribution < -0.4 is 0 Å². The van der Waals surface area contributed by atoms with Crippen LogP contribution in [-0.2, 0) is 11.3 Å². The Bertz CT molecular complexity index is 407. The van der Waals surface area contributed by atoms with Gasteiger partial charge in [0.15, 0.2) is 10.2 Å². The van der Waals surface area contributed by atoms with Gasteiger partial charge in [-0.2, -0.15) is 10.5 Å². The van der Waals surface area contributed by atoms with E-state index in [1.54, 1.807) is 18.2 Å². The van der Waals surface area contributed by atoms with Crippen LogP contribution in [0.15, 0.2) is 33.3 Å². The van der Waals surface area contributed by atoms with Gasteiger partial charge in [-0.3, -0.25) is 0 Å². The SMILES string of the molecule is N#CC(C#N)=COCc1coc(Br)c1. The van der Waals surface area contributed by atoms with Gasteiger partial charge >= 0.3 is 0 Å². The molecule has 0 fully saturated rings. The highest BCUT2D eigenvalue weighted by molar-refractivity contribution is 9.10. The normalized spacial score (nSPS) is 8.50. The number of hydrogen-bond donors (Lipinski definition) is 0. The average molecular weight is 253 g/mol. The van der Waals surface area contributed by atoms with Crippen LogP contribution in [0.2, 0.25) is 0 Å². The molecule has 0 aliphatic heterocycles. The van der Waals surface area contributed by atoms with Crippen LogP contribution in [0, 0.1) is 22.7 Å². The summed E-state index contributed by atoms with van der Waals surface area (Å²) in [6.45, 7) is 0.266. The molecular weight excluding hydrogens is 248 g/mol. The van der Waals surface area contributed by atoms with Crippen molar-refractivity contribution >= 4 is 15.9 Å². The van der Waals surface area contributed by atoms with Crippen LogP contribution in [0.5, 0.6) is 0 Å². The molecule has 0 aliphatic rings. The van der Waals surface area contributed by atoms with Crippen LogP contribution in [0.25, 0.3) is 0 Å². The number of allylic oxidation sites excluding steroid dienone is 1. The summed E-state index contributed by atoms with van der Waals surface area (Å²) in [6.07, 6.45) is 2.65. The molecule has 0 amide bonds. The van der Waals surface area contributed by atoms with Crippen molar-refractivity contribution in [1.82, 2.24) is 0 Å². The lowest BCUT2D eigenvalue weighted by molar-refractivity contribution is 0.234. The lowest BCUT2D eigenvalue weighted by atomic mass is 10.3. The zero-order chi connectivity index (χ0) is 10.4. The van der Waals surface area contributed by atoms with Crippen LogP contribution in [-0.4, -0.2) is 0 Å². The largest absolute Gasteiger partial charge is 0.494 e. The summed E-state index contributed by atoms with van der Waals surface area (Å²) in [5.41, 5.74) is 0.760. The second kappa shape index (κ2) is 5.11. The Morgan fingerprint density at radius 2 is 2.29 bits per heavy atom. The van der Waals surface area contributed by atoms with Crippen molar-refractivity contribution in [3.63, 3.8) is 0 Å². The molecule has 0 saturated heterocycles. The van der Waals surface area contributed by atoms with Crippen molar-refractivity contribution in [1.29, 1.82) is 10.5 Å². The van der Waals surface area contributed by atoms with E-state index in [0.717, 1.165) is 11.8 Å². The summed E-state index contributed by atoms with van der Waals surface area (Å²) in [5, 5.41) is 16.8. The zero-order valence-electron chi connectivity index (χ0n) is 7.03. The third kappa shape index (κ3) is 2.96. The van der Waals surface area contributed by atoms with Gasteiger partial charge in [0, 0.05) is 5.56 Å². The predicted molar refractivity (Wildman–Crippen MR) is 50.5 cm³/mol. The Kier molecular flexibility index (Phi) is 3.78.